The van der Waals surface area contributed by atoms with Crippen LogP contribution in [0.3, 0.4) is 0 Å². The Morgan fingerprint density at radius 3 is 2.63 bits per heavy atom. The zero-order valence-electron chi connectivity index (χ0n) is 15.0. The van der Waals surface area contributed by atoms with E-state index in [1.165, 1.54) is 0 Å². The predicted octanol–water partition coefficient (Wildman–Crippen LogP) is 3.69. The van der Waals surface area contributed by atoms with E-state index in [1.807, 2.05) is 24.3 Å². The highest BCUT2D eigenvalue weighted by Gasteiger charge is 2.33. The maximum atomic E-state index is 10.0. The van der Waals surface area contributed by atoms with E-state index in [0.29, 0.717) is 17.2 Å². The lowest BCUT2D eigenvalue weighted by atomic mass is 9.86. The van der Waals surface area contributed by atoms with Crippen molar-refractivity contribution in [2.45, 2.75) is 18.4 Å². The highest BCUT2D eigenvalue weighted by atomic mass is 79.9. The summed E-state index contributed by atoms with van der Waals surface area (Å²) in [7, 11) is 3.20. The van der Waals surface area contributed by atoms with Crippen LogP contribution in [0.5, 0.6) is 23.0 Å². The number of methoxy groups -OCH3 is 2. The first-order valence-electron chi connectivity index (χ1n) is 8.63. The average molecular weight is 431 g/mol. The van der Waals surface area contributed by atoms with Gasteiger partial charge in [-0.15, -0.1) is 0 Å². The smallest absolute Gasteiger partial charge is 0.231 e. The minimum atomic E-state index is -0.383. The molecule has 2 heterocycles. The Hall–Kier alpha value is -2.43. The molecule has 2 aliphatic rings. The highest BCUT2D eigenvalue weighted by molar-refractivity contribution is 9.10. The third kappa shape index (κ3) is 2.99. The molecule has 2 aromatic carbocycles. The molecule has 2 atom stereocenters. The summed E-state index contributed by atoms with van der Waals surface area (Å²) in [6, 6.07) is 10.0. The molecule has 0 saturated carbocycles. The second-order valence-electron chi connectivity index (χ2n) is 6.40. The molecule has 0 bridgehead atoms. The number of nitrogens with one attached hydrogen (secondary N) is 1. The first kappa shape index (κ1) is 18.0. The second-order valence-corrected chi connectivity index (χ2v) is 7.19. The molecule has 4 rings (SSSR count). The van der Waals surface area contributed by atoms with Gasteiger partial charge in [0.25, 0.3) is 0 Å². The van der Waals surface area contributed by atoms with E-state index in [1.54, 1.807) is 14.2 Å². The molecule has 0 fully saturated rings. The Morgan fingerprint density at radius 2 is 1.93 bits per heavy atom. The number of hydrogen-bond acceptors (Lipinski definition) is 6. The monoisotopic (exact) mass is 430 g/mol. The highest BCUT2D eigenvalue weighted by Crippen LogP contribution is 2.46. The molecule has 0 radical (unpaired) electrons. The van der Waals surface area contributed by atoms with Gasteiger partial charge in [-0.2, -0.15) is 5.26 Å². The Morgan fingerprint density at radius 1 is 1.15 bits per heavy atom. The van der Waals surface area contributed by atoms with Crippen molar-refractivity contribution in [1.82, 2.24) is 5.32 Å². The molecule has 1 N–H and O–H groups in total. The molecule has 0 aliphatic carbocycles. The number of hydrogen-bond donors (Lipinski definition) is 1. The Labute approximate surface area is 166 Å². The summed E-state index contributed by atoms with van der Waals surface area (Å²) >= 11 is 3.64. The number of halogens is 1. The molecule has 0 aromatic heterocycles. The maximum Gasteiger partial charge on any atom is 0.231 e. The zero-order chi connectivity index (χ0) is 19.0. The van der Waals surface area contributed by atoms with Gasteiger partial charge in [-0.25, -0.2) is 0 Å². The summed E-state index contributed by atoms with van der Waals surface area (Å²) in [5.41, 5.74) is 3.03. The van der Waals surface area contributed by atoms with Crippen molar-refractivity contribution in [1.29, 1.82) is 5.26 Å². The molecule has 2 aliphatic heterocycles. The van der Waals surface area contributed by atoms with Gasteiger partial charge in [-0.05, 0) is 63.8 Å². The molecule has 7 heteroatoms. The summed E-state index contributed by atoms with van der Waals surface area (Å²) in [4.78, 5) is 0. The van der Waals surface area contributed by atoms with Crippen LogP contribution in [0, 0.1) is 11.3 Å². The van der Waals surface area contributed by atoms with Gasteiger partial charge in [0.2, 0.25) is 6.79 Å². The van der Waals surface area contributed by atoms with Crippen molar-refractivity contribution in [3.05, 3.63) is 45.4 Å². The largest absolute Gasteiger partial charge is 0.493 e. The van der Waals surface area contributed by atoms with Crippen LogP contribution in [-0.2, 0) is 6.42 Å². The number of nitriles is 1. The second kappa shape index (κ2) is 7.29. The molecule has 6 nitrogen and oxygen atoms in total. The number of benzene rings is 2. The van der Waals surface area contributed by atoms with E-state index in [4.69, 9.17) is 18.9 Å². The third-order valence-electron chi connectivity index (χ3n) is 5.05. The van der Waals surface area contributed by atoms with Crippen molar-refractivity contribution >= 4 is 15.9 Å². The minimum absolute atomic E-state index is 0.203. The fourth-order valence-electron chi connectivity index (χ4n) is 3.74. The van der Waals surface area contributed by atoms with Crippen molar-refractivity contribution in [3.8, 4) is 29.1 Å². The number of nitrogens with zero attached hydrogens (tertiary/aromatic N) is 1. The fraction of sp³-hybridized carbons (Fsp3) is 0.350. The van der Waals surface area contributed by atoms with Gasteiger partial charge in [0, 0.05) is 0 Å². The van der Waals surface area contributed by atoms with Crippen LogP contribution < -0.4 is 24.3 Å². The Bertz CT molecular complexity index is 925. The predicted molar refractivity (Wildman–Crippen MR) is 103 cm³/mol. The lowest BCUT2D eigenvalue weighted by Gasteiger charge is -2.25. The third-order valence-corrected chi connectivity index (χ3v) is 5.87. The van der Waals surface area contributed by atoms with E-state index in [-0.39, 0.29) is 18.8 Å². The van der Waals surface area contributed by atoms with Gasteiger partial charge in [0.05, 0.1) is 36.7 Å². The SMILES string of the molecule is COc1ccc([C@@H]2NCCc3cc4c(cc3[C@@H]2C#N)OCO4)c(Br)c1OC. The molecule has 0 unspecified atom stereocenters. The van der Waals surface area contributed by atoms with E-state index in [9.17, 15) is 5.26 Å². The summed E-state index contributed by atoms with van der Waals surface area (Å²) in [6.45, 7) is 0.967. The van der Waals surface area contributed by atoms with E-state index < -0.39 is 0 Å². The van der Waals surface area contributed by atoms with Gasteiger partial charge in [0.15, 0.2) is 23.0 Å². The minimum Gasteiger partial charge on any atom is -0.493 e. The first-order chi connectivity index (χ1) is 13.2. The lowest BCUT2D eigenvalue weighted by molar-refractivity contribution is 0.174. The quantitative estimate of drug-likeness (QED) is 0.800. The average Bonchev–Trinajstić information content (AvgIpc) is 3.06. The van der Waals surface area contributed by atoms with Crippen LogP contribution >= 0.6 is 15.9 Å². The summed E-state index contributed by atoms with van der Waals surface area (Å²) in [5, 5.41) is 13.5. The summed E-state index contributed by atoms with van der Waals surface area (Å²) in [5.74, 6) is 2.31. The van der Waals surface area contributed by atoms with E-state index in [2.05, 4.69) is 27.3 Å². The van der Waals surface area contributed by atoms with Crippen LogP contribution in [0.15, 0.2) is 28.7 Å². The van der Waals surface area contributed by atoms with Crippen LogP contribution in [0.1, 0.15) is 28.7 Å². The van der Waals surface area contributed by atoms with Crippen LogP contribution in [0.25, 0.3) is 0 Å². The normalized spacial score (nSPS) is 20.4. The van der Waals surface area contributed by atoms with E-state index in [0.717, 1.165) is 39.9 Å². The van der Waals surface area contributed by atoms with Crippen molar-refractivity contribution in [2.75, 3.05) is 27.6 Å². The van der Waals surface area contributed by atoms with Gasteiger partial charge in [0.1, 0.15) is 0 Å². The molecule has 140 valence electrons. The molecule has 0 saturated heterocycles. The summed E-state index contributed by atoms with van der Waals surface area (Å²) < 4.78 is 22.7. The zero-order valence-corrected chi connectivity index (χ0v) is 16.6. The number of rotatable bonds is 3. The topological polar surface area (TPSA) is 72.7 Å². The van der Waals surface area contributed by atoms with Gasteiger partial charge in [-0.1, -0.05) is 6.07 Å². The molecule has 0 spiro atoms. The van der Waals surface area contributed by atoms with Crippen LogP contribution in [0.4, 0.5) is 0 Å². The summed E-state index contributed by atoms with van der Waals surface area (Å²) in [6.07, 6.45) is 0.811. The first-order valence-corrected chi connectivity index (χ1v) is 9.43. The molecule has 2 aromatic rings. The lowest BCUT2D eigenvalue weighted by Crippen LogP contribution is -2.26. The van der Waals surface area contributed by atoms with Crippen molar-refractivity contribution in [2.24, 2.45) is 0 Å². The Kier molecular flexibility index (Phi) is 4.85. The Balaban J connectivity index is 1.81. The molecule has 0 amide bonds. The van der Waals surface area contributed by atoms with Gasteiger partial charge < -0.3 is 24.3 Å². The standard InChI is InChI=1S/C20H19BrN2O4/c1-24-15-4-3-12(18(21)20(15)25-2)19-14(9-22)13-8-17-16(26-10-27-17)7-11(13)5-6-23-19/h3-4,7-8,14,19,23H,5-6,10H2,1-2H3/t14-,19-/m0/s1. The van der Waals surface area contributed by atoms with Crippen LogP contribution in [0.2, 0.25) is 0 Å². The molecular weight excluding hydrogens is 412 g/mol. The van der Waals surface area contributed by atoms with Crippen LogP contribution in [-0.4, -0.2) is 27.6 Å². The van der Waals surface area contributed by atoms with E-state index >= 15 is 0 Å². The molecule has 27 heavy (non-hydrogen) atoms. The van der Waals surface area contributed by atoms with Gasteiger partial charge in [-0.3, -0.25) is 0 Å². The van der Waals surface area contributed by atoms with Gasteiger partial charge >= 0.3 is 0 Å². The maximum absolute atomic E-state index is 10.0. The number of fused-ring (bicyclic) bond motifs is 2. The number of ether oxygens (including phenoxy) is 4. The fourth-order valence-corrected chi connectivity index (χ4v) is 4.48. The van der Waals surface area contributed by atoms with Crippen molar-refractivity contribution < 1.29 is 18.9 Å². The van der Waals surface area contributed by atoms with Crippen molar-refractivity contribution in [3.63, 3.8) is 0 Å². The molecular formula is C20H19BrN2O4.